The molecule has 0 aromatic rings. The van der Waals surface area contributed by atoms with Crippen molar-refractivity contribution in [3.05, 3.63) is 12.3 Å². The summed E-state index contributed by atoms with van der Waals surface area (Å²) in [7, 11) is 0. The van der Waals surface area contributed by atoms with Crippen LogP contribution in [0.1, 0.15) is 0 Å². The van der Waals surface area contributed by atoms with Crippen LogP contribution in [0.15, 0.2) is 12.3 Å². The van der Waals surface area contributed by atoms with Crippen LogP contribution in [-0.4, -0.2) is 29.9 Å². The van der Waals surface area contributed by atoms with E-state index >= 15 is 0 Å². The summed E-state index contributed by atoms with van der Waals surface area (Å²) in [4.78, 5) is 22.4. The van der Waals surface area contributed by atoms with Gasteiger partial charge in [0.1, 0.15) is 0 Å². The monoisotopic (exact) mass is 155 g/mol. The van der Waals surface area contributed by atoms with Crippen LogP contribution in [0.2, 0.25) is 0 Å². The van der Waals surface area contributed by atoms with Crippen molar-refractivity contribution < 1.29 is 9.59 Å². The minimum absolute atomic E-state index is 0.192. The van der Waals surface area contributed by atoms with Crippen LogP contribution < -0.4 is 11.1 Å². The highest BCUT2D eigenvalue weighted by Gasteiger charge is 2.15. The Bertz CT molecular complexity index is 212. The predicted octanol–water partition coefficient (Wildman–Crippen LogP) is -0.989. The summed E-state index contributed by atoms with van der Waals surface area (Å²) in [5, 5.41) is 2.58. The highest BCUT2D eigenvalue weighted by atomic mass is 16.2. The molecule has 3 N–H and O–H groups in total. The van der Waals surface area contributed by atoms with Gasteiger partial charge in [0.15, 0.2) is 0 Å². The molecule has 0 saturated carbocycles. The average Bonchev–Trinajstić information content (AvgIpc) is 2.31. The third-order valence-electron chi connectivity index (χ3n) is 1.31. The van der Waals surface area contributed by atoms with E-state index in [0.717, 1.165) is 6.08 Å². The van der Waals surface area contributed by atoms with Gasteiger partial charge in [-0.25, -0.2) is 4.79 Å². The van der Waals surface area contributed by atoms with Crippen LogP contribution >= 0.6 is 0 Å². The third kappa shape index (κ3) is 1.96. The second kappa shape index (κ2) is 3.05. The average molecular weight is 155 g/mol. The van der Waals surface area contributed by atoms with Gasteiger partial charge in [0.05, 0.1) is 0 Å². The van der Waals surface area contributed by atoms with Gasteiger partial charge < -0.3 is 11.1 Å². The zero-order chi connectivity index (χ0) is 8.27. The highest BCUT2D eigenvalue weighted by molar-refractivity contribution is 5.86. The second-order valence-electron chi connectivity index (χ2n) is 2.14. The maximum absolute atomic E-state index is 10.8. The van der Waals surface area contributed by atoms with Crippen molar-refractivity contribution in [2.24, 2.45) is 5.73 Å². The maximum Gasteiger partial charge on any atom is 0.321 e. The van der Waals surface area contributed by atoms with Crippen molar-refractivity contribution in [3.63, 3.8) is 0 Å². The van der Waals surface area contributed by atoms with Gasteiger partial charge in [0, 0.05) is 25.4 Å². The molecule has 0 atom stereocenters. The summed E-state index contributed by atoms with van der Waals surface area (Å²) < 4.78 is 0. The number of nitrogens with two attached hydrogens (primary N) is 1. The zero-order valence-electron chi connectivity index (χ0n) is 5.91. The van der Waals surface area contributed by atoms with Gasteiger partial charge in [-0.05, 0) is 0 Å². The van der Waals surface area contributed by atoms with Crippen molar-refractivity contribution in [3.8, 4) is 0 Å². The van der Waals surface area contributed by atoms with Crippen LogP contribution in [0, 0.1) is 0 Å². The molecule has 3 amide bonds. The normalized spacial score (nSPS) is 17.5. The molecule has 0 bridgehead atoms. The van der Waals surface area contributed by atoms with E-state index in [1.807, 2.05) is 0 Å². The Hall–Kier alpha value is -1.52. The van der Waals surface area contributed by atoms with Gasteiger partial charge in [0.25, 0.3) is 0 Å². The van der Waals surface area contributed by atoms with E-state index in [4.69, 9.17) is 5.73 Å². The third-order valence-corrected chi connectivity index (χ3v) is 1.31. The van der Waals surface area contributed by atoms with Gasteiger partial charge in [-0.3, -0.25) is 9.69 Å². The van der Waals surface area contributed by atoms with Crippen molar-refractivity contribution in [2.75, 3.05) is 13.1 Å². The summed E-state index contributed by atoms with van der Waals surface area (Å²) in [6, 6.07) is -0.192. The standard InChI is InChI=1S/C6H9N3O2/c7-5(10)1-3-9-4-2-8-6(9)11/h1,3H,2,4H2,(H2,7,10)(H,8,11). The number of primary amides is 1. The fourth-order valence-corrected chi connectivity index (χ4v) is 0.792. The molecule has 0 aromatic carbocycles. The summed E-state index contributed by atoms with van der Waals surface area (Å²) in [6.07, 6.45) is 2.54. The number of carbonyl (C=O) groups excluding carboxylic acids is 2. The van der Waals surface area contributed by atoms with E-state index in [1.54, 1.807) is 0 Å². The molecular formula is C6H9N3O2. The first kappa shape index (κ1) is 7.59. The molecule has 1 saturated heterocycles. The van der Waals surface area contributed by atoms with Crippen molar-refractivity contribution in [1.82, 2.24) is 10.2 Å². The number of nitrogens with one attached hydrogen (secondary N) is 1. The molecule has 11 heavy (non-hydrogen) atoms. The number of rotatable bonds is 2. The lowest BCUT2D eigenvalue weighted by Crippen LogP contribution is -2.23. The molecule has 5 nitrogen and oxygen atoms in total. The molecule has 0 unspecified atom stereocenters. The first-order valence-corrected chi connectivity index (χ1v) is 3.22. The molecule has 0 radical (unpaired) electrons. The Morgan fingerprint density at radius 1 is 1.73 bits per heavy atom. The first-order valence-electron chi connectivity index (χ1n) is 3.22. The number of urea groups is 1. The van der Waals surface area contributed by atoms with Gasteiger partial charge in [-0.15, -0.1) is 0 Å². The minimum atomic E-state index is -0.551. The van der Waals surface area contributed by atoms with Crippen LogP contribution in [-0.2, 0) is 4.79 Å². The largest absolute Gasteiger partial charge is 0.366 e. The molecule has 1 rings (SSSR count). The predicted molar refractivity (Wildman–Crippen MR) is 38.4 cm³/mol. The number of amides is 3. The molecule has 0 aromatic heterocycles. The molecule has 0 spiro atoms. The SMILES string of the molecule is NC(=O)C=CN1CCNC1=O. The topological polar surface area (TPSA) is 75.4 Å². The van der Waals surface area contributed by atoms with Crippen LogP contribution in [0.3, 0.4) is 0 Å². The van der Waals surface area contributed by atoms with E-state index in [0.29, 0.717) is 13.1 Å². The highest BCUT2D eigenvalue weighted by Crippen LogP contribution is 1.96. The molecule has 1 fully saturated rings. The number of hydrogen-bond donors (Lipinski definition) is 2. The van der Waals surface area contributed by atoms with Gasteiger partial charge in [-0.2, -0.15) is 0 Å². The summed E-state index contributed by atoms with van der Waals surface area (Å²) in [5.74, 6) is -0.551. The second-order valence-corrected chi connectivity index (χ2v) is 2.14. The first-order chi connectivity index (χ1) is 5.20. The summed E-state index contributed by atoms with van der Waals surface area (Å²) in [5.41, 5.74) is 4.83. The fourth-order valence-electron chi connectivity index (χ4n) is 0.792. The Morgan fingerprint density at radius 3 is 2.91 bits per heavy atom. The van der Waals surface area contributed by atoms with Crippen molar-refractivity contribution in [2.45, 2.75) is 0 Å². The molecule has 1 aliphatic heterocycles. The van der Waals surface area contributed by atoms with E-state index in [-0.39, 0.29) is 6.03 Å². The fraction of sp³-hybridized carbons (Fsp3) is 0.333. The lowest BCUT2D eigenvalue weighted by Gasteiger charge is -2.04. The Kier molecular flexibility index (Phi) is 2.10. The van der Waals surface area contributed by atoms with Crippen molar-refractivity contribution in [1.29, 1.82) is 0 Å². The Balaban J connectivity index is 2.48. The quantitative estimate of drug-likeness (QED) is 0.502. The molecule has 5 heteroatoms. The molecular weight excluding hydrogens is 146 g/mol. The number of nitrogens with zero attached hydrogens (tertiary/aromatic N) is 1. The van der Waals surface area contributed by atoms with Gasteiger partial charge in [-0.1, -0.05) is 0 Å². The zero-order valence-corrected chi connectivity index (χ0v) is 5.91. The molecule has 0 aliphatic carbocycles. The van der Waals surface area contributed by atoms with E-state index < -0.39 is 5.91 Å². The van der Waals surface area contributed by atoms with E-state index in [1.165, 1.54) is 11.1 Å². The summed E-state index contributed by atoms with van der Waals surface area (Å²) >= 11 is 0. The van der Waals surface area contributed by atoms with Crippen LogP contribution in [0.4, 0.5) is 4.79 Å². The smallest absolute Gasteiger partial charge is 0.321 e. The summed E-state index contributed by atoms with van der Waals surface area (Å²) in [6.45, 7) is 1.20. The number of hydrogen-bond acceptors (Lipinski definition) is 2. The van der Waals surface area contributed by atoms with Crippen LogP contribution in [0.5, 0.6) is 0 Å². The molecule has 1 heterocycles. The van der Waals surface area contributed by atoms with E-state index in [9.17, 15) is 9.59 Å². The van der Waals surface area contributed by atoms with E-state index in [2.05, 4.69) is 5.32 Å². The molecule has 60 valence electrons. The Labute approximate surface area is 63.8 Å². The maximum atomic E-state index is 10.8. The number of carbonyl (C=O) groups is 2. The van der Waals surface area contributed by atoms with Gasteiger partial charge in [0.2, 0.25) is 5.91 Å². The minimum Gasteiger partial charge on any atom is -0.366 e. The molecule has 1 aliphatic rings. The Morgan fingerprint density at radius 2 is 2.45 bits per heavy atom. The lowest BCUT2D eigenvalue weighted by molar-refractivity contribution is -0.113. The lowest BCUT2D eigenvalue weighted by atomic mass is 10.5. The van der Waals surface area contributed by atoms with Crippen molar-refractivity contribution >= 4 is 11.9 Å². The van der Waals surface area contributed by atoms with Crippen LogP contribution in [0.25, 0.3) is 0 Å². The van der Waals surface area contributed by atoms with Gasteiger partial charge >= 0.3 is 6.03 Å².